The number of rotatable bonds is 2. The summed E-state index contributed by atoms with van der Waals surface area (Å²) in [6, 6.07) is 10.3. The number of aryl methyl sites for hydroxylation is 2. The molecule has 8 heteroatoms. The van der Waals surface area contributed by atoms with Crippen molar-refractivity contribution in [2.24, 2.45) is 7.05 Å². The van der Waals surface area contributed by atoms with Crippen molar-refractivity contribution in [3.63, 3.8) is 0 Å². The van der Waals surface area contributed by atoms with E-state index in [0.717, 1.165) is 10.7 Å². The number of benzene rings is 2. The predicted octanol–water partition coefficient (Wildman–Crippen LogP) is 1.46. The van der Waals surface area contributed by atoms with Crippen LogP contribution >= 0.6 is 0 Å². The predicted molar refractivity (Wildman–Crippen MR) is 93.1 cm³/mol. The highest BCUT2D eigenvalue weighted by Gasteiger charge is 2.17. The molecule has 7 nitrogen and oxygen atoms in total. The lowest BCUT2D eigenvalue weighted by Gasteiger charge is -2.11. The Labute approximate surface area is 147 Å². The highest BCUT2D eigenvalue weighted by molar-refractivity contribution is 6.06. The Hall–Kier alpha value is -3.55. The summed E-state index contributed by atoms with van der Waals surface area (Å²) in [7, 11) is 1.43. The number of amides is 2. The Balaban J connectivity index is 1.86. The first-order valence-corrected chi connectivity index (χ1v) is 7.71. The van der Waals surface area contributed by atoms with E-state index < -0.39 is 17.6 Å². The molecule has 0 bridgehead atoms. The molecule has 0 unspecified atom stereocenters. The van der Waals surface area contributed by atoms with Crippen LogP contribution in [0.3, 0.4) is 0 Å². The number of nitrogens with zero attached hydrogens (tertiary/aromatic N) is 2. The number of halogens is 1. The van der Waals surface area contributed by atoms with Crippen LogP contribution < -0.4 is 16.4 Å². The van der Waals surface area contributed by atoms with E-state index in [0.29, 0.717) is 16.3 Å². The SMILES string of the molecule is Cc1ccc(F)cc1C(=O)NNC(=O)c1nn(C)c(=O)c2ccccc12. The molecule has 0 fully saturated rings. The molecular weight excluding hydrogens is 339 g/mol. The quantitative estimate of drug-likeness (QED) is 0.682. The van der Waals surface area contributed by atoms with E-state index in [4.69, 9.17) is 0 Å². The fourth-order valence-electron chi connectivity index (χ4n) is 2.55. The van der Waals surface area contributed by atoms with Gasteiger partial charge in [-0.15, -0.1) is 0 Å². The minimum absolute atomic E-state index is 0.0148. The van der Waals surface area contributed by atoms with Gasteiger partial charge in [0.1, 0.15) is 5.82 Å². The monoisotopic (exact) mass is 354 g/mol. The van der Waals surface area contributed by atoms with E-state index >= 15 is 0 Å². The van der Waals surface area contributed by atoms with Gasteiger partial charge >= 0.3 is 0 Å². The molecule has 0 radical (unpaired) electrons. The second-order valence-electron chi connectivity index (χ2n) is 5.69. The second-order valence-corrected chi connectivity index (χ2v) is 5.69. The largest absolute Gasteiger partial charge is 0.290 e. The van der Waals surface area contributed by atoms with Gasteiger partial charge in [0.05, 0.1) is 5.39 Å². The van der Waals surface area contributed by atoms with Gasteiger partial charge in [-0.1, -0.05) is 24.3 Å². The van der Waals surface area contributed by atoms with E-state index in [1.807, 2.05) is 0 Å². The van der Waals surface area contributed by atoms with Gasteiger partial charge in [-0.05, 0) is 30.7 Å². The molecule has 0 saturated carbocycles. The first-order valence-electron chi connectivity index (χ1n) is 7.71. The van der Waals surface area contributed by atoms with E-state index in [1.165, 1.54) is 19.2 Å². The number of carbonyl (C=O) groups excluding carboxylic acids is 2. The Morgan fingerprint density at radius 3 is 2.42 bits per heavy atom. The van der Waals surface area contributed by atoms with Gasteiger partial charge in [-0.25, -0.2) is 9.07 Å². The number of fused-ring (bicyclic) bond motifs is 1. The third kappa shape index (κ3) is 3.16. The van der Waals surface area contributed by atoms with E-state index in [2.05, 4.69) is 16.0 Å². The molecule has 132 valence electrons. The Kier molecular flexibility index (Phi) is 4.49. The van der Waals surface area contributed by atoms with Gasteiger partial charge in [0.2, 0.25) is 0 Å². The average Bonchev–Trinajstić information content (AvgIpc) is 2.64. The van der Waals surface area contributed by atoms with Crippen LogP contribution in [0.1, 0.15) is 26.4 Å². The van der Waals surface area contributed by atoms with Crippen molar-refractivity contribution >= 4 is 22.6 Å². The molecule has 0 aliphatic rings. The van der Waals surface area contributed by atoms with Gasteiger partial charge in [0.25, 0.3) is 17.4 Å². The van der Waals surface area contributed by atoms with Crippen LogP contribution in [0.25, 0.3) is 10.8 Å². The molecule has 3 rings (SSSR count). The number of hydrazine groups is 1. The number of aromatic nitrogens is 2. The zero-order chi connectivity index (χ0) is 18.8. The number of nitrogens with one attached hydrogen (secondary N) is 2. The standard InChI is InChI=1S/C18H15FN4O3/c1-10-7-8-11(19)9-14(10)16(24)20-21-17(25)15-12-5-3-4-6-13(12)18(26)23(2)22-15/h3-9H,1-2H3,(H,20,24)(H,21,25). The third-order valence-electron chi connectivity index (χ3n) is 3.91. The fraction of sp³-hybridized carbons (Fsp3) is 0.111. The highest BCUT2D eigenvalue weighted by Crippen LogP contribution is 2.13. The van der Waals surface area contributed by atoms with Crippen LogP contribution in [0.5, 0.6) is 0 Å². The highest BCUT2D eigenvalue weighted by atomic mass is 19.1. The van der Waals surface area contributed by atoms with Crippen molar-refractivity contribution in [1.29, 1.82) is 0 Å². The van der Waals surface area contributed by atoms with Crippen LogP contribution in [0.15, 0.2) is 47.3 Å². The van der Waals surface area contributed by atoms with Crippen molar-refractivity contribution in [2.45, 2.75) is 6.92 Å². The normalized spacial score (nSPS) is 10.6. The molecule has 2 aromatic carbocycles. The molecule has 1 heterocycles. The minimum Gasteiger partial charge on any atom is -0.267 e. The summed E-state index contributed by atoms with van der Waals surface area (Å²) >= 11 is 0. The van der Waals surface area contributed by atoms with E-state index in [1.54, 1.807) is 31.2 Å². The molecule has 0 spiro atoms. The summed E-state index contributed by atoms with van der Waals surface area (Å²) in [5, 5.41) is 4.66. The first-order chi connectivity index (χ1) is 12.4. The summed E-state index contributed by atoms with van der Waals surface area (Å²) in [5.41, 5.74) is 4.78. The van der Waals surface area contributed by atoms with Crippen molar-refractivity contribution in [3.8, 4) is 0 Å². The van der Waals surface area contributed by atoms with Gasteiger partial charge < -0.3 is 0 Å². The van der Waals surface area contributed by atoms with Crippen LogP contribution in [-0.2, 0) is 7.05 Å². The molecule has 3 aromatic rings. The summed E-state index contributed by atoms with van der Waals surface area (Å²) in [5.74, 6) is -1.92. The smallest absolute Gasteiger partial charge is 0.267 e. The fourth-order valence-corrected chi connectivity index (χ4v) is 2.55. The first kappa shape index (κ1) is 17.3. The van der Waals surface area contributed by atoms with Crippen molar-refractivity contribution < 1.29 is 14.0 Å². The maximum atomic E-state index is 13.3. The van der Waals surface area contributed by atoms with Crippen molar-refractivity contribution in [1.82, 2.24) is 20.6 Å². The summed E-state index contributed by atoms with van der Waals surface area (Å²) in [6.07, 6.45) is 0. The number of hydrogen-bond acceptors (Lipinski definition) is 4. The van der Waals surface area contributed by atoms with Gasteiger partial charge in [-0.2, -0.15) is 5.10 Å². The molecule has 0 atom stereocenters. The zero-order valence-corrected chi connectivity index (χ0v) is 14.0. The topological polar surface area (TPSA) is 93.1 Å². The van der Waals surface area contributed by atoms with E-state index in [-0.39, 0.29) is 16.8 Å². The molecule has 1 aromatic heterocycles. The average molecular weight is 354 g/mol. The zero-order valence-electron chi connectivity index (χ0n) is 14.0. The van der Waals surface area contributed by atoms with Crippen molar-refractivity contribution in [2.75, 3.05) is 0 Å². The lowest BCUT2D eigenvalue weighted by Crippen LogP contribution is -2.43. The number of carbonyl (C=O) groups is 2. The van der Waals surface area contributed by atoms with Crippen LogP contribution in [0.4, 0.5) is 4.39 Å². The molecular formula is C18H15FN4O3. The lowest BCUT2D eigenvalue weighted by atomic mass is 10.1. The Morgan fingerprint density at radius 1 is 1.04 bits per heavy atom. The lowest BCUT2D eigenvalue weighted by molar-refractivity contribution is 0.0843. The van der Waals surface area contributed by atoms with Crippen LogP contribution in [-0.4, -0.2) is 21.6 Å². The molecule has 0 aliphatic heterocycles. The maximum absolute atomic E-state index is 13.3. The molecule has 0 aliphatic carbocycles. The molecule has 26 heavy (non-hydrogen) atoms. The summed E-state index contributed by atoms with van der Waals surface area (Å²) in [6.45, 7) is 1.65. The number of hydrogen-bond donors (Lipinski definition) is 2. The summed E-state index contributed by atoms with van der Waals surface area (Å²) in [4.78, 5) is 36.7. The van der Waals surface area contributed by atoms with Crippen LogP contribution in [0, 0.1) is 12.7 Å². The van der Waals surface area contributed by atoms with Gasteiger partial charge in [0.15, 0.2) is 5.69 Å². The molecule has 2 N–H and O–H groups in total. The Morgan fingerprint density at radius 2 is 1.69 bits per heavy atom. The second kappa shape index (κ2) is 6.75. The summed E-state index contributed by atoms with van der Waals surface area (Å²) < 4.78 is 14.4. The van der Waals surface area contributed by atoms with Crippen molar-refractivity contribution in [3.05, 3.63) is 75.5 Å². The van der Waals surface area contributed by atoms with Crippen LogP contribution in [0.2, 0.25) is 0 Å². The van der Waals surface area contributed by atoms with E-state index in [9.17, 15) is 18.8 Å². The third-order valence-corrected chi connectivity index (χ3v) is 3.91. The minimum atomic E-state index is -0.695. The van der Waals surface area contributed by atoms with Gasteiger partial charge in [0, 0.05) is 18.0 Å². The molecule has 2 amide bonds. The molecule has 0 saturated heterocycles. The maximum Gasteiger partial charge on any atom is 0.290 e. The van der Waals surface area contributed by atoms with Gasteiger partial charge in [-0.3, -0.25) is 25.2 Å². The Bertz CT molecular complexity index is 1090.